The van der Waals surface area contributed by atoms with Crippen LogP contribution in [-0.2, 0) is 10.9 Å². The maximum atomic E-state index is 12.2. The van der Waals surface area contributed by atoms with Crippen LogP contribution >= 0.6 is 11.3 Å². The number of nitrogens with one attached hydrogen (secondary N) is 1. The molecule has 5 nitrogen and oxygen atoms in total. The number of hydrogen-bond acceptors (Lipinski definition) is 6. The van der Waals surface area contributed by atoms with E-state index in [-0.39, 0.29) is 18.3 Å². The fourth-order valence-electron chi connectivity index (χ4n) is 1.39. The fraction of sp³-hybridized carbons (Fsp3) is 0.750. The summed E-state index contributed by atoms with van der Waals surface area (Å²) >= 11 is 0.412. The van der Waals surface area contributed by atoms with E-state index < -0.39 is 16.8 Å². The van der Waals surface area contributed by atoms with Crippen LogP contribution in [0.1, 0.15) is 11.4 Å². The van der Waals surface area contributed by atoms with Gasteiger partial charge in [0.05, 0.1) is 6.61 Å². The van der Waals surface area contributed by atoms with E-state index in [1.165, 1.54) is 0 Å². The van der Waals surface area contributed by atoms with Gasteiger partial charge in [0.1, 0.15) is 5.60 Å². The SMILES string of the molecule is OC1(CNc2nnc(C(F)(F)F)s2)CCOC1. The van der Waals surface area contributed by atoms with Crippen LogP contribution in [0, 0.1) is 0 Å². The summed E-state index contributed by atoms with van der Waals surface area (Å²) in [6.07, 6.45) is -4.03. The Morgan fingerprint density at radius 3 is 2.76 bits per heavy atom. The van der Waals surface area contributed by atoms with Crippen LogP contribution < -0.4 is 5.32 Å². The predicted octanol–water partition coefficient (Wildman–Crippen LogP) is 1.12. The molecule has 0 radical (unpaired) electrons. The number of hydrogen-bond donors (Lipinski definition) is 2. The Labute approximate surface area is 98.6 Å². The van der Waals surface area contributed by atoms with Crippen molar-refractivity contribution in [2.75, 3.05) is 25.1 Å². The first kappa shape index (κ1) is 12.5. The molecule has 0 aliphatic carbocycles. The van der Waals surface area contributed by atoms with Crippen LogP contribution in [0.4, 0.5) is 18.3 Å². The lowest BCUT2D eigenvalue weighted by Crippen LogP contribution is -2.37. The highest BCUT2D eigenvalue weighted by atomic mass is 32.1. The average Bonchev–Trinajstić information content (AvgIpc) is 2.83. The van der Waals surface area contributed by atoms with Gasteiger partial charge in [-0.15, -0.1) is 10.2 Å². The number of aromatic nitrogens is 2. The van der Waals surface area contributed by atoms with Crippen LogP contribution in [-0.4, -0.2) is 40.7 Å². The van der Waals surface area contributed by atoms with Crippen molar-refractivity contribution in [3.8, 4) is 0 Å². The second kappa shape index (κ2) is 4.39. The van der Waals surface area contributed by atoms with Gasteiger partial charge in [-0.3, -0.25) is 0 Å². The van der Waals surface area contributed by atoms with E-state index in [0.717, 1.165) is 0 Å². The molecule has 0 amide bonds. The van der Waals surface area contributed by atoms with Crippen molar-refractivity contribution in [1.82, 2.24) is 10.2 Å². The van der Waals surface area contributed by atoms with E-state index in [2.05, 4.69) is 15.5 Å². The molecule has 2 N–H and O–H groups in total. The molecule has 0 bridgehead atoms. The van der Waals surface area contributed by atoms with Gasteiger partial charge in [-0.2, -0.15) is 13.2 Å². The summed E-state index contributed by atoms with van der Waals surface area (Å²) in [7, 11) is 0. The normalized spacial score (nSPS) is 25.2. The molecule has 1 aliphatic heterocycles. The Bertz CT molecular complexity index is 390. The van der Waals surface area contributed by atoms with Crippen molar-refractivity contribution in [3.63, 3.8) is 0 Å². The Hall–Kier alpha value is -0.930. The highest BCUT2D eigenvalue weighted by Gasteiger charge is 2.36. The fourth-order valence-corrected chi connectivity index (χ4v) is 1.99. The summed E-state index contributed by atoms with van der Waals surface area (Å²) in [6, 6.07) is 0. The van der Waals surface area contributed by atoms with Crippen LogP contribution in [0.5, 0.6) is 0 Å². The summed E-state index contributed by atoms with van der Waals surface area (Å²) in [6.45, 7) is 0.715. The molecule has 0 saturated carbocycles. The van der Waals surface area contributed by atoms with Gasteiger partial charge in [0, 0.05) is 19.6 Å². The minimum absolute atomic E-state index is 0.0395. The molecule has 0 spiro atoms. The molecule has 1 unspecified atom stereocenters. The van der Waals surface area contributed by atoms with Gasteiger partial charge in [-0.05, 0) is 0 Å². The van der Waals surface area contributed by atoms with E-state index in [9.17, 15) is 18.3 Å². The number of nitrogens with zero attached hydrogens (tertiary/aromatic N) is 2. The second-order valence-electron chi connectivity index (χ2n) is 3.79. The zero-order chi connectivity index (χ0) is 12.5. The lowest BCUT2D eigenvalue weighted by Gasteiger charge is -2.19. The van der Waals surface area contributed by atoms with Crippen LogP contribution in [0.2, 0.25) is 0 Å². The largest absolute Gasteiger partial charge is 0.445 e. The Kier molecular flexibility index (Phi) is 3.23. The number of alkyl halides is 3. The molecule has 1 aromatic rings. The van der Waals surface area contributed by atoms with Gasteiger partial charge >= 0.3 is 6.18 Å². The molecule has 1 aliphatic rings. The summed E-state index contributed by atoms with van der Waals surface area (Å²) in [5.74, 6) is 0. The summed E-state index contributed by atoms with van der Waals surface area (Å²) < 4.78 is 41.7. The van der Waals surface area contributed by atoms with Crippen molar-refractivity contribution in [3.05, 3.63) is 5.01 Å². The van der Waals surface area contributed by atoms with E-state index in [1.807, 2.05) is 0 Å². The van der Waals surface area contributed by atoms with Gasteiger partial charge < -0.3 is 15.2 Å². The van der Waals surface area contributed by atoms with Gasteiger partial charge in [0.2, 0.25) is 10.1 Å². The van der Waals surface area contributed by atoms with Crippen molar-refractivity contribution in [2.45, 2.75) is 18.2 Å². The maximum Gasteiger partial charge on any atom is 0.445 e. The Balaban J connectivity index is 1.93. The van der Waals surface area contributed by atoms with E-state index >= 15 is 0 Å². The van der Waals surface area contributed by atoms with E-state index in [1.54, 1.807) is 0 Å². The Morgan fingerprint density at radius 2 is 2.24 bits per heavy atom. The van der Waals surface area contributed by atoms with Gasteiger partial charge in [-0.1, -0.05) is 11.3 Å². The molecule has 2 rings (SSSR count). The topological polar surface area (TPSA) is 67.3 Å². The number of ether oxygens (including phenoxy) is 1. The average molecular weight is 269 g/mol. The third-order valence-corrected chi connectivity index (χ3v) is 3.24. The third kappa shape index (κ3) is 3.05. The lowest BCUT2D eigenvalue weighted by molar-refractivity contribution is -0.138. The Morgan fingerprint density at radius 1 is 1.47 bits per heavy atom. The molecule has 2 heterocycles. The first-order chi connectivity index (χ1) is 7.89. The van der Waals surface area contributed by atoms with Gasteiger partial charge in [0.25, 0.3) is 0 Å². The van der Waals surface area contributed by atoms with E-state index in [4.69, 9.17) is 4.74 Å². The molecule has 1 saturated heterocycles. The monoisotopic (exact) mass is 269 g/mol. The smallest absolute Gasteiger partial charge is 0.386 e. The molecule has 1 aromatic heterocycles. The summed E-state index contributed by atoms with van der Waals surface area (Å²) in [5, 5.41) is 17.9. The minimum atomic E-state index is -4.48. The quantitative estimate of drug-likeness (QED) is 0.860. The third-order valence-electron chi connectivity index (χ3n) is 2.32. The van der Waals surface area contributed by atoms with Crippen molar-refractivity contribution in [1.29, 1.82) is 0 Å². The zero-order valence-electron chi connectivity index (χ0n) is 8.62. The molecule has 17 heavy (non-hydrogen) atoms. The van der Waals surface area contributed by atoms with E-state index in [0.29, 0.717) is 24.4 Å². The van der Waals surface area contributed by atoms with Crippen LogP contribution in [0.3, 0.4) is 0 Å². The summed E-state index contributed by atoms with van der Waals surface area (Å²) in [4.78, 5) is 0. The minimum Gasteiger partial charge on any atom is -0.386 e. The molecule has 9 heteroatoms. The molecule has 1 atom stereocenters. The van der Waals surface area contributed by atoms with Crippen molar-refractivity contribution in [2.24, 2.45) is 0 Å². The zero-order valence-corrected chi connectivity index (χ0v) is 9.44. The highest BCUT2D eigenvalue weighted by Crippen LogP contribution is 2.33. The molecular weight excluding hydrogens is 259 g/mol. The molecule has 0 aromatic carbocycles. The maximum absolute atomic E-state index is 12.2. The van der Waals surface area contributed by atoms with Crippen LogP contribution in [0.15, 0.2) is 0 Å². The van der Waals surface area contributed by atoms with Gasteiger partial charge in [0.15, 0.2) is 0 Å². The number of rotatable bonds is 3. The summed E-state index contributed by atoms with van der Waals surface area (Å²) in [5.41, 5.74) is -1.04. The van der Waals surface area contributed by atoms with Crippen molar-refractivity contribution < 1.29 is 23.0 Å². The van der Waals surface area contributed by atoms with Crippen LogP contribution in [0.25, 0.3) is 0 Å². The predicted molar refractivity (Wildman–Crippen MR) is 53.8 cm³/mol. The lowest BCUT2D eigenvalue weighted by atomic mass is 10.0. The molecule has 96 valence electrons. The number of aliphatic hydroxyl groups is 1. The second-order valence-corrected chi connectivity index (χ2v) is 4.77. The first-order valence-corrected chi connectivity index (χ1v) is 5.65. The number of halogens is 3. The molecule has 1 fully saturated rings. The number of anilines is 1. The molecular formula is C8H10F3N3O2S. The first-order valence-electron chi connectivity index (χ1n) is 4.84. The van der Waals surface area contributed by atoms with Crippen molar-refractivity contribution >= 4 is 16.5 Å². The standard InChI is InChI=1S/C8H10F3N3O2S/c9-8(10,11)5-13-14-6(17-5)12-3-7(15)1-2-16-4-7/h15H,1-4H2,(H,12,14). The van der Waals surface area contributed by atoms with Gasteiger partial charge in [-0.25, -0.2) is 0 Å². The highest BCUT2D eigenvalue weighted by molar-refractivity contribution is 7.15.